The predicted octanol–water partition coefficient (Wildman–Crippen LogP) is 3.53. The maximum atomic E-state index is 12.5. The van der Waals surface area contributed by atoms with Gasteiger partial charge in [-0.25, -0.2) is 0 Å². The summed E-state index contributed by atoms with van der Waals surface area (Å²) in [5.41, 5.74) is 0.784. The molecule has 0 N–H and O–H groups in total. The van der Waals surface area contributed by atoms with Gasteiger partial charge in [-0.05, 0) is 35.0 Å². The minimum absolute atomic E-state index is 0.0113. The maximum absolute atomic E-state index is 12.5. The lowest BCUT2D eigenvalue weighted by molar-refractivity contribution is -0.384. The van der Waals surface area contributed by atoms with Crippen molar-refractivity contribution in [1.82, 2.24) is 0 Å². The van der Waals surface area contributed by atoms with Crippen molar-refractivity contribution in [2.24, 2.45) is 5.92 Å². The lowest BCUT2D eigenvalue weighted by Gasteiger charge is -2.17. The maximum Gasteiger partial charge on any atom is 0.311 e. The lowest BCUT2D eigenvalue weighted by atomic mass is 10.1. The van der Waals surface area contributed by atoms with E-state index in [-0.39, 0.29) is 30.1 Å². The number of carbonyl (C=O) groups is 3. The summed E-state index contributed by atoms with van der Waals surface area (Å²) in [5.74, 6) is -1.94. The number of non-ortho nitro benzene ring substituents is 1. The van der Waals surface area contributed by atoms with Crippen molar-refractivity contribution < 1.29 is 24.0 Å². The number of hydrogen-bond acceptors (Lipinski definition) is 6. The minimum atomic E-state index is -0.663. The molecule has 31 heavy (non-hydrogen) atoms. The molecule has 3 aromatic rings. The predicted molar refractivity (Wildman–Crippen MR) is 113 cm³/mol. The fourth-order valence-electron chi connectivity index (χ4n) is 3.57. The first kappa shape index (κ1) is 20.2. The van der Waals surface area contributed by atoms with Gasteiger partial charge in [0.15, 0.2) is 12.4 Å². The minimum Gasteiger partial charge on any atom is -0.457 e. The molecule has 1 saturated heterocycles. The van der Waals surface area contributed by atoms with Crippen LogP contribution in [-0.4, -0.2) is 35.7 Å². The highest BCUT2D eigenvalue weighted by atomic mass is 16.6. The van der Waals surface area contributed by atoms with Crippen LogP contribution in [0.2, 0.25) is 0 Å². The third-order valence-corrected chi connectivity index (χ3v) is 5.25. The summed E-state index contributed by atoms with van der Waals surface area (Å²) in [6.07, 6.45) is 0.0113. The Morgan fingerprint density at radius 1 is 1.03 bits per heavy atom. The SMILES string of the molecule is O=C(COC(=O)[C@@H]1CC(=O)N(c2ccc3ccccc3c2)C1)c1ccc([N+](=O)[O-])cc1. The molecular weight excluding hydrogens is 400 g/mol. The molecule has 0 spiro atoms. The Labute approximate surface area is 177 Å². The van der Waals surface area contributed by atoms with Crippen LogP contribution < -0.4 is 4.90 Å². The first-order chi connectivity index (χ1) is 14.9. The Kier molecular flexibility index (Phi) is 5.44. The van der Waals surface area contributed by atoms with Gasteiger partial charge in [0, 0.05) is 36.3 Å². The van der Waals surface area contributed by atoms with Crippen molar-refractivity contribution in [2.75, 3.05) is 18.1 Å². The highest BCUT2D eigenvalue weighted by Gasteiger charge is 2.36. The second kappa shape index (κ2) is 8.35. The molecule has 8 heteroatoms. The van der Waals surface area contributed by atoms with Crippen LogP contribution in [-0.2, 0) is 14.3 Å². The number of amides is 1. The Balaban J connectivity index is 1.37. The monoisotopic (exact) mass is 418 g/mol. The topological polar surface area (TPSA) is 107 Å². The number of anilines is 1. The number of ketones is 1. The number of hydrogen-bond donors (Lipinski definition) is 0. The van der Waals surface area contributed by atoms with Crippen LogP contribution >= 0.6 is 0 Å². The van der Waals surface area contributed by atoms with Crippen molar-refractivity contribution in [3.8, 4) is 0 Å². The molecule has 0 aliphatic carbocycles. The van der Waals surface area contributed by atoms with Gasteiger partial charge >= 0.3 is 5.97 Å². The van der Waals surface area contributed by atoms with E-state index in [2.05, 4.69) is 0 Å². The van der Waals surface area contributed by atoms with Gasteiger partial charge in [-0.3, -0.25) is 24.5 Å². The van der Waals surface area contributed by atoms with Crippen molar-refractivity contribution in [3.05, 3.63) is 82.4 Å². The van der Waals surface area contributed by atoms with Gasteiger partial charge in [0.05, 0.1) is 10.8 Å². The van der Waals surface area contributed by atoms with E-state index in [4.69, 9.17) is 4.74 Å². The number of ether oxygens (including phenoxy) is 1. The highest BCUT2D eigenvalue weighted by Crippen LogP contribution is 2.28. The molecule has 1 aliphatic rings. The van der Waals surface area contributed by atoms with Crippen LogP contribution in [0, 0.1) is 16.0 Å². The van der Waals surface area contributed by atoms with E-state index in [1.807, 2.05) is 42.5 Å². The summed E-state index contributed by atoms with van der Waals surface area (Å²) in [6.45, 7) is -0.307. The van der Waals surface area contributed by atoms with E-state index in [9.17, 15) is 24.5 Å². The third-order valence-electron chi connectivity index (χ3n) is 5.25. The molecule has 1 fully saturated rings. The molecule has 156 valence electrons. The molecule has 1 heterocycles. The summed E-state index contributed by atoms with van der Waals surface area (Å²) in [6, 6.07) is 18.5. The van der Waals surface area contributed by atoms with E-state index >= 15 is 0 Å². The Morgan fingerprint density at radius 2 is 1.74 bits per heavy atom. The quantitative estimate of drug-likeness (QED) is 0.262. The van der Waals surface area contributed by atoms with Crippen LogP contribution in [0.25, 0.3) is 10.8 Å². The van der Waals surface area contributed by atoms with E-state index in [0.29, 0.717) is 5.69 Å². The van der Waals surface area contributed by atoms with E-state index < -0.39 is 29.2 Å². The second-order valence-electron chi connectivity index (χ2n) is 7.27. The standard InChI is InChI=1S/C23H18N2O6/c26-21(16-6-8-19(9-7-16)25(29)30)14-31-23(28)18-12-22(27)24(13-18)20-10-5-15-3-1-2-4-17(15)11-20/h1-11,18H,12-14H2/t18-/m1/s1. The summed E-state index contributed by atoms with van der Waals surface area (Å²) in [7, 11) is 0. The molecule has 1 atom stereocenters. The van der Waals surface area contributed by atoms with Crippen molar-refractivity contribution in [3.63, 3.8) is 0 Å². The largest absolute Gasteiger partial charge is 0.457 e. The Bertz CT molecular complexity index is 1190. The number of carbonyl (C=O) groups excluding carboxylic acids is 3. The number of rotatable bonds is 6. The number of Topliss-reactive ketones (excluding diaryl/α,β-unsaturated/α-hetero) is 1. The van der Waals surface area contributed by atoms with Crippen LogP contribution in [0.3, 0.4) is 0 Å². The number of benzene rings is 3. The van der Waals surface area contributed by atoms with Crippen LogP contribution in [0.4, 0.5) is 11.4 Å². The summed E-state index contributed by atoms with van der Waals surface area (Å²) >= 11 is 0. The smallest absolute Gasteiger partial charge is 0.311 e. The highest BCUT2D eigenvalue weighted by molar-refractivity contribution is 6.02. The molecule has 0 radical (unpaired) electrons. The van der Waals surface area contributed by atoms with Gasteiger partial charge in [0.2, 0.25) is 5.91 Å². The summed E-state index contributed by atoms with van der Waals surface area (Å²) in [4.78, 5) is 48.8. The molecule has 1 amide bonds. The lowest BCUT2D eigenvalue weighted by Crippen LogP contribution is -2.27. The van der Waals surface area contributed by atoms with Gasteiger partial charge in [0.25, 0.3) is 5.69 Å². The molecule has 1 aliphatic heterocycles. The number of esters is 1. The zero-order valence-electron chi connectivity index (χ0n) is 16.4. The molecule has 0 unspecified atom stereocenters. The van der Waals surface area contributed by atoms with Gasteiger partial charge in [0.1, 0.15) is 0 Å². The summed E-state index contributed by atoms with van der Waals surface area (Å²) in [5, 5.41) is 12.7. The van der Waals surface area contributed by atoms with Crippen molar-refractivity contribution >= 4 is 39.8 Å². The Hall–Kier alpha value is -4.07. The number of fused-ring (bicyclic) bond motifs is 1. The van der Waals surface area contributed by atoms with Gasteiger partial charge in [-0.15, -0.1) is 0 Å². The van der Waals surface area contributed by atoms with Crippen molar-refractivity contribution in [2.45, 2.75) is 6.42 Å². The average molecular weight is 418 g/mol. The zero-order chi connectivity index (χ0) is 22.0. The third kappa shape index (κ3) is 4.28. The van der Waals surface area contributed by atoms with Crippen LogP contribution in [0.5, 0.6) is 0 Å². The average Bonchev–Trinajstić information content (AvgIpc) is 3.18. The van der Waals surface area contributed by atoms with E-state index in [1.54, 1.807) is 4.90 Å². The second-order valence-corrected chi connectivity index (χ2v) is 7.27. The van der Waals surface area contributed by atoms with Gasteiger partial charge in [-0.2, -0.15) is 0 Å². The van der Waals surface area contributed by atoms with E-state index in [0.717, 1.165) is 10.8 Å². The molecule has 0 bridgehead atoms. The van der Waals surface area contributed by atoms with Gasteiger partial charge in [-0.1, -0.05) is 30.3 Å². The van der Waals surface area contributed by atoms with Crippen LogP contribution in [0.15, 0.2) is 66.7 Å². The molecule has 0 aromatic heterocycles. The zero-order valence-corrected chi connectivity index (χ0v) is 16.4. The Morgan fingerprint density at radius 3 is 2.45 bits per heavy atom. The fourth-order valence-corrected chi connectivity index (χ4v) is 3.57. The van der Waals surface area contributed by atoms with Gasteiger partial charge < -0.3 is 9.64 Å². The van der Waals surface area contributed by atoms with Crippen LogP contribution in [0.1, 0.15) is 16.8 Å². The first-order valence-electron chi connectivity index (χ1n) is 9.66. The number of nitro benzene ring substituents is 1. The molecular formula is C23H18N2O6. The summed E-state index contributed by atoms with van der Waals surface area (Å²) < 4.78 is 5.12. The van der Waals surface area contributed by atoms with Crippen molar-refractivity contribution in [1.29, 1.82) is 0 Å². The molecule has 3 aromatic carbocycles. The molecule has 8 nitrogen and oxygen atoms in total. The fraction of sp³-hybridized carbons (Fsp3) is 0.174. The number of nitro groups is 1. The molecule has 4 rings (SSSR count). The number of nitrogens with zero attached hydrogens (tertiary/aromatic N) is 2. The first-order valence-corrected chi connectivity index (χ1v) is 9.66. The van der Waals surface area contributed by atoms with E-state index in [1.165, 1.54) is 24.3 Å². The normalized spacial score (nSPS) is 15.8. The molecule has 0 saturated carbocycles.